The van der Waals surface area contributed by atoms with Gasteiger partial charge in [-0.05, 0) is 20.8 Å². The third-order valence-electron chi connectivity index (χ3n) is 2.06. The van der Waals surface area contributed by atoms with Crippen LogP contribution in [-0.4, -0.2) is 19.8 Å². The van der Waals surface area contributed by atoms with Crippen LogP contribution in [0.5, 0.6) is 17.2 Å². The Morgan fingerprint density at radius 1 is 0.941 bits per heavy atom. The maximum Gasteiger partial charge on any atom is 0.144 e. The lowest BCUT2D eigenvalue weighted by Crippen LogP contribution is -2.01. The molecule has 0 aliphatic rings. The summed E-state index contributed by atoms with van der Waals surface area (Å²) in [6.07, 6.45) is 0. The minimum absolute atomic E-state index is 0.414. The third-order valence-corrected chi connectivity index (χ3v) is 2.06. The molecule has 0 atom stereocenters. The van der Waals surface area contributed by atoms with Gasteiger partial charge in [-0.3, -0.25) is 0 Å². The molecule has 0 saturated carbocycles. The van der Waals surface area contributed by atoms with Crippen molar-refractivity contribution in [2.24, 2.45) is 0 Å². The van der Waals surface area contributed by atoms with Crippen molar-refractivity contribution < 1.29 is 14.2 Å². The van der Waals surface area contributed by atoms with Crippen LogP contribution in [0, 0.1) is 11.3 Å². The van der Waals surface area contributed by atoms with Crippen LogP contribution in [0.25, 0.3) is 0 Å². The standard InChI is InChI=1S/C13H17NO3/c1-4-15-10-7-12(16-5-2)11(9-14)13(8-10)17-6-3/h7-8H,4-6H2,1-3H3. The first-order valence-electron chi connectivity index (χ1n) is 5.73. The fraction of sp³-hybridized carbons (Fsp3) is 0.462. The highest BCUT2D eigenvalue weighted by Gasteiger charge is 2.13. The number of nitrogens with zero attached hydrogens (tertiary/aromatic N) is 1. The van der Waals surface area contributed by atoms with E-state index in [1.165, 1.54) is 0 Å². The Bertz CT molecular complexity index is 383. The van der Waals surface area contributed by atoms with Crippen LogP contribution in [-0.2, 0) is 0 Å². The fourth-order valence-electron chi connectivity index (χ4n) is 1.46. The van der Waals surface area contributed by atoms with E-state index in [1.807, 2.05) is 20.8 Å². The second-order valence-corrected chi connectivity index (χ2v) is 3.21. The quantitative estimate of drug-likeness (QED) is 0.760. The summed E-state index contributed by atoms with van der Waals surface area (Å²) in [7, 11) is 0. The van der Waals surface area contributed by atoms with Crippen molar-refractivity contribution in [2.75, 3.05) is 19.8 Å². The summed E-state index contributed by atoms with van der Waals surface area (Å²) >= 11 is 0. The van der Waals surface area contributed by atoms with E-state index in [9.17, 15) is 0 Å². The van der Waals surface area contributed by atoms with Gasteiger partial charge in [-0.1, -0.05) is 0 Å². The van der Waals surface area contributed by atoms with Crippen molar-refractivity contribution in [3.05, 3.63) is 17.7 Å². The third kappa shape index (κ3) is 3.28. The SMILES string of the molecule is CCOc1cc(OCC)c(C#N)c(OCC)c1. The largest absolute Gasteiger partial charge is 0.494 e. The lowest BCUT2D eigenvalue weighted by molar-refractivity contribution is 0.305. The molecule has 92 valence electrons. The number of hydrogen-bond donors (Lipinski definition) is 0. The first kappa shape index (κ1) is 13.2. The lowest BCUT2D eigenvalue weighted by atomic mass is 10.2. The Labute approximate surface area is 102 Å². The Morgan fingerprint density at radius 2 is 1.41 bits per heavy atom. The van der Waals surface area contributed by atoms with Crippen molar-refractivity contribution in [3.8, 4) is 23.3 Å². The molecule has 1 rings (SSSR count). The molecular weight excluding hydrogens is 218 g/mol. The summed E-state index contributed by atoms with van der Waals surface area (Å²) in [6, 6.07) is 5.53. The maximum absolute atomic E-state index is 9.12. The Morgan fingerprint density at radius 3 is 1.76 bits per heavy atom. The summed E-state index contributed by atoms with van der Waals surface area (Å²) in [5.41, 5.74) is 0.414. The number of benzene rings is 1. The summed E-state index contributed by atoms with van der Waals surface area (Å²) in [4.78, 5) is 0. The smallest absolute Gasteiger partial charge is 0.144 e. The van der Waals surface area contributed by atoms with E-state index >= 15 is 0 Å². The fourth-order valence-corrected chi connectivity index (χ4v) is 1.46. The summed E-state index contributed by atoms with van der Waals surface area (Å²) in [5, 5.41) is 9.12. The monoisotopic (exact) mass is 235 g/mol. The van der Waals surface area contributed by atoms with Crippen molar-refractivity contribution in [3.63, 3.8) is 0 Å². The van der Waals surface area contributed by atoms with Gasteiger partial charge in [0.2, 0.25) is 0 Å². The Hall–Kier alpha value is -1.89. The topological polar surface area (TPSA) is 51.5 Å². The van der Waals surface area contributed by atoms with Gasteiger partial charge in [-0.15, -0.1) is 0 Å². The van der Waals surface area contributed by atoms with Gasteiger partial charge in [-0.2, -0.15) is 5.26 Å². The van der Waals surface area contributed by atoms with E-state index in [2.05, 4.69) is 6.07 Å². The molecule has 0 aromatic heterocycles. The Kier molecular flexibility index (Phi) is 5.15. The molecule has 0 spiro atoms. The van der Waals surface area contributed by atoms with Gasteiger partial charge < -0.3 is 14.2 Å². The number of rotatable bonds is 6. The molecule has 4 nitrogen and oxygen atoms in total. The predicted molar refractivity (Wildman–Crippen MR) is 64.7 cm³/mol. The molecule has 0 heterocycles. The van der Waals surface area contributed by atoms with Crippen LogP contribution in [0.2, 0.25) is 0 Å². The van der Waals surface area contributed by atoms with Gasteiger partial charge in [0.05, 0.1) is 19.8 Å². The first-order chi connectivity index (χ1) is 8.26. The van der Waals surface area contributed by atoms with Crippen LogP contribution in [0.15, 0.2) is 12.1 Å². The van der Waals surface area contributed by atoms with Crippen molar-refractivity contribution in [1.29, 1.82) is 5.26 Å². The average Bonchev–Trinajstić information content (AvgIpc) is 2.30. The molecule has 4 heteroatoms. The molecule has 1 aromatic carbocycles. The zero-order chi connectivity index (χ0) is 12.7. The molecule has 0 N–H and O–H groups in total. The number of ether oxygens (including phenoxy) is 3. The first-order valence-corrected chi connectivity index (χ1v) is 5.73. The normalized spacial score (nSPS) is 9.53. The van der Waals surface area contributed by atoms with E-state index in [0.717, 1.165) is 0 Å². The molecule has 0 fully saturated rings. The molecule has 0 aliphatic carbocycles. The van der Waals surface area contributed by atoms with Gasteiger partial charge in [0.1, 0.15) is 28.9 Å². The molecule has 0 bridgehead atoms. The van der Waals surface area contributed by atoms with Crippen LogP contribution < -0.4 is 14.2 Å². The highest BCUT2D eigenvalue weighted by atomic mass is 16.5. The van der Waals surface area contributed by atoms with Crippen molar-refractivity contribution in [2.45, 2.75) is 20.8 Å². The predicted octanol–water partition coefficient (Wildman–Crippen LogP) is 2.75. The van der Waals surface area contributed by atoms with Gasteiger partial charge in [0.15, 0.2) is 0 Å². The molecule has 0 saturated heterocycles. The lowest BCUT2D eigenvalue weighted by Gasteiger charge is -2.13. The van der Waals surface area contributed by atoms with Crippen LogP contribution in [0.1, 0.15) is 26.3 Å². The van der Waals surface area contributed by atoms with E-state index in [4.69, 9.17) is 19.5 Å². The summed E-state index contributed by atoms with van der Waals surface area (Å²) < 4.78 is 16.2. The van der Waals surface area contributed by atoms with E-state index in [0.29, 0.717) is 42.6 Å². The molecular formula is C13H17NO3. The molecule has 17 heavy (non-hydrogen) atoms. The molecule has 0 amide bonds. The number of nitriles is 1. The van der Waals surface area contributed by atoms with Crippen LogP contribution >= 0.6 is 0 Å². The second-order valence-electron chi connectivity index (χ2n) is 3.21. The van der Waals surface area contributed by atoms with E-state index < -0.39 is 0 Å². The van der Waals surface area contributed by atoms with Crippen molar-refractivity contribution >= 4 is 0 Å². The Balaban J connectivity index is 3.20. The average molecular weight is 235 g/mol. The maximum atomic E-state index is 9.12. The molecule has 0 aliphatic heterocycles. The van der Waals surface area contributed by atoms with Gasteiger partial charge >= 0.3 is 0 Å². The molecule has 1 aromatic rings. The second kappa shape index (κ2) is 6.64. The van der Waals surface area contributed by atoms with Crippen LogP contribution in [0.3, 0.4) is 0 Å². The zero-order valence-corrected chi connectivity index (χ0v) is 10.4. The number of hydrogen-bond acceptors (Lipinski definition) is 4. The highest BCUT2D eigenvalue weighted by molar-refractivity contribution is 5.57. The highest BCUT2D eigenvalue weighted by Crippen LogP contribution is 2.33. The summed E-state index contributed by atoms with van der Waals surface area (Å²) in [6.45, 7) is 7.19. The zero-order valence-electron chi connectivity index (χ0n) is 10.4. The summed E-state index contributed by atoms with van der Waals surface area (Å²) in [5.74, 6) is 1.66. The minimum atomic E-state index is 0.414. The van der Waals surface area contributed by atoms with E-state index in [1.54, 1.807) is 12.1 Å². The molecule has 0 unspecified atom stereocenters. The molecule has 0 radical (unpaired) electrons. The van der Waals surface area contributed by atoms with Gasteiger partial charge in [-0.25, -0.2) is 0 Å². The van der Waals surface area contributed by atoms with Gasteiger partial charge in [0.25, 0.3) is 0 Å². The van der Waals surface area contributed by atoms with Gasteiger partial charge in [0, 0.05) is 12.1 Å². The van der Waals surface area contributed by atoms with E-state index in [-0.39, 0.29) is 0 Å². The minimum Gasteiger partial charge on any atom is -0.494 e. The van der Waals surface area contributed by atoms with Crippen LogP contribution in [0.4, 0.5) is 0 Å². The van der Waals surface area contributed by atoms with Crippen molar-refractivity contribution in [1.82, 2.24) is 0 Å².